The second-order valence-corrected chi connectivity index (χ2v) is 4.56. The summed E-state index contributed by atoms with van der Waals surface area (Å²) in [6.07, 6.45) is 5.02. The zero-order valence-corrected chi connectivity index (χ0v) is 10.9. The van der Waals surface area contributed by atoms with Crippen LogP contribution >= 0.6 is 0 Å². The maximum atomic E-state index is 11.8. The average molecular weight is 259 g/mol. The molecule has 1 amide bonds. The number of carbonyl (C=O) groups is 2. The molecule has 4 nitrogen and oxygen atoms in total. The molecule has 100 valence electrons. The van der Waals surface area contributed by atoms with E-state index in [4.69, 9.17) is 5.11 Å². The molecule has 1 aliphatic rings. The van der Waals surface area contributed by atoms with Crippen molar-refractivity contribution in [2.45, 2.75) is 26.2 Å². The average Bonchev–Trinajstić information content (AvgIpc) is 2.82. The van der Waals surface area contributed by atoms with Crippen LogP contribution in [0.4, 0.5) is 5.69 Å². The highest BCUT2D eigenvalue weighted by Gasteiger charge is 2.23. The van der Waals surface area contributed by atoms with E-state index in [0.717, 1.165) is 42.3 Å². The fraction of sp³-hybridized carbons (Fsp3) is 0.333. The first kappa shape index (κ1) is 13.3. The van der Waals surface area contributed by atoms with Gasteiger partial charge in [-0.1, -0.05) is 13.0 Å². The Balaban J connectivity index is 2.31. The van der Waals surface area contributed by atoms with Crippen LogP contribution in [0.15, 0.2) is 24.3 Å². The number of amides is 1. The molecule has 0 unspecified atom stereocenters. The summed E-state index contributed by atoms with van der Waals surface area (Å²) in [6.45, 7) is 2.81. The molecule has 1 aromatic rings. The van der Waals surface area contributed by atoms with Crippen molar-refractivity contribution in [2.24, 2.45) is 0 Å². The lowest BCUT2D eigenvalue weighted by molar-refractivity contribution is -0.131. The van der Waals surface area contributed by atoms with E-state index in [1.54, 1.807) is 6.08 Å². The minimum Gasteiger partial charge on any atom is -0.478 e. The topological polar surface area (TPSA) is 57.6 Å². The summed E-state index contributed by atoms with van der Waals surface area (Å²) in [5.41, 5.74) is 2.87. The molecule has 0 saturated carbocycles. The Morgan fingerprint density at radius 2 is 2.26 bits per heavy atom. The van der Waals surface area contributed by atoms with Gasteiger partial charge in [0.1, 0.15) is 0 Å². The Morgan fingerprint density at radius 1 is 1.47 bits per heavy atom. The Hall–Kier alpha value is -2.10. The van der Waals surface area contributed by atoms with Crippen molar-refractivity contribution in [1.82, 2.24) is 0 Å². The van der Waals surface area contributed by atoms with Crippen molar-refractivity contribution in [3.63, 3.8) is 0 Å². The largest absolute Gasteiger partial charge is 0.478 e. The molecule has 1 fully saturated rings. The number of carboxylic acid groups (broad SMARTS) is 1. The minimum absolute atomic E-state index is 0.170. The van der Waals surface area contributed by atoms with E-state index < -0.39 is 5.97 Å². The summed E-state index contributed by atoms with van der Waals surface area (Å²) in [7, 11) is 0. The van der Waals surface area contributed by atoms with Crippen molar-refractivity contribution in [3.8, 4) is 0 Å². The van der Waals surface area contributed by atoms with Gasteiger partial charge >= 0.3 is 5.97 Å². The van der Waals surface area contributed by atoms with Gasteiger partial charge in [-0.05, 0) is 42.2 Å². The van der Waals surface area contributed by atoms with E-state index in [1.807, 2.05) is 30.0 Å². The highest BCUT2D eigenvalue weighted by Crippen LogP contribution is 2.27. The lowest BCUT2D eigenvalue weighted by atomic mass is 10.0. The number of carboxylic acids is 1. The molecule has 1 heterocycles. The van der Waals surface area contributed by atoms with E-state index in [0.29, 0.717) is 6.42 Å². The van der Waals surface area contributed by atoms with Crippen LogP contribution in [0.5, 0.6) is 0 Å². The lowest BCUT2D eigenvalue weighted by Crippen LogP contribution is -2.24. The van der Waals surface area contributed by atoms with Crippen molar-refractivity contribution >= 4 is 23.6 Å². The van der Waals surface area contributed by atoms with Gasteiger partial charge in [-0.3, -0.25) is 4.79 Å². The van der Waals surface area contributed by atoms with Crippen LogP contribution in [0.25, 0.3) is 6.08 Å². The number of aryl methyl sites for hydroxylation is 1. The third-order valence-electron chi connectivity index (χ3n) is 3.27. The number of hydrogen-bond donors (Lipinski definition) is 1. The Labute approximate surface area is 112 Å². The van der Waals surface area contributed by atoms with E-state index in [2.05, 4.69) is 0 Å². The fourth-order valence-electron chi connectivity index (χ4n) is 2.33. The van der Waals surface area contributed by atoms with Crippen molar-refractivity contribution in [1.29, 1.82) is 0 Å². The molecule has 1 saturated heterocycles. The maximum absolute atomic E-state index is 11.8. The number of aliphatic carboxylic acids is 1. The Morgan fingerprint density at radius 3 is 2.84 bits per heavy atom. The van der Waals surface area contributed by atoms with Gasteiger partial charge in [0, 0.05) is 24.7 Å². The number of benzene rings is 1. The zero-order chi connectivity index (χ0) is 13.8. The summed E-state index contributed by atoms with van der Waals surface area (Å²) in [6, 6.07) is 5.70. The smallest absolute Gasteiger partial charge is 0.328 e. The normalized spacial score (nSPS) is 15.4. The first-order chi connectivity index (χ1) is 9.11. The lowest BCUT2D eigenvalue weighted by Gasteiger charge is -2.19. The van der Waals surface area contributed by atoms with Gasteiger partial charge in [0.25, 0.3) is 0 Å². The molecule has 1 aromatic carbocycles. The number of nitrogens with zero attached hydrogens (tertiary/aromatic N) is 1. The Bertz CT molecular complexity index is 534. The number of rotatable bonds is 4. The molecule has 0 atom stereocenters. The number of anilines is 1. The van der Waals surface area contributed by atoms with Crippen molar-refractivity contribution in [3.05, 3.63) is 35.4 Å². The van der Waals surface area contributed by atoms with Crippen LogP contribution in [0.1, 0.15) is 30.9 Å². The monoisotopic (exact) mass is 259 g/mol. The van der Waals surface area contributed by atoms with Crippen LogP contribution in [-0.2, 0) is 16.0 Å². The second-order valence-electron chi connectivity index (χ2n) is 4.56. The van der Waals surface area contributed by atoms with Crippen molar-refractivity contribution in [2.75, 3.05) is 11.4 Å². The van der Waals surface area contributed by atoms with E-state index in [9.17, 15) is 9.59 Å². The molecule has 0 radical (unpaired) electrons. The van der Waals surface area contributed by atoms with Crippen LogP contribution in [0.2, 0.25) is 0 Å². The first-order valence-corrected chi connectivity index (χ1v) is 6.46. The molecular weight excluding hydrogens is 242 g/mol. The predicted molar refractivity (Wildman–Crippen MR) is 74.1 cm³/mol. The molecule has 2 rings (SSSR count). The van der Waals surface area contributed by atoms with Crippen LogP contribution in [0.3, 0.4) is 0 Å². The molecule has 0 aromatic heterocycles. The van der Waals surface area contributed by atoms with Gasteiger partial charge in [-0.2, -0.15) is 0 Å². The Kier molecular flexibility index (Phi) is 4.00. The van der Waals surface area contributed by atoms with Crippen LogP contribution < -0.4 is 4.90 Å². The van der Waals surface area contributed by atoms with Gasteiger partial charge in [-0.25, -0.2) is 4.79 Å². The van der Waals surface area contributed by atoms with Crippen LogP contribution in [0, 0.1) is 0 Å². The van der Waals surface area contributed by atoms with E-state index in [-0.39, 0.29) is 5.91 Å². The first-order valence-electron chi connectivity index (χ1n) is 6.46. The highest BCUT2D eigenvalue weighted by atomic mass is 16.4. The SMILES string of the molecule is CCc1cc(/C=C/C(=O)O)ccc1N1CCCC1=O. The third-order valence-corrected chi connectivity index (χ3v) is 3.27. The quantitative estimate of drug-likeness (QED) is 0.845. The summed E-state index contributed by atoms with van der Waals surface area (Å²) in [5, 5.41) is 8.62. The molecule has 1 N–H and O–H groups in total. The molecule has 0 spiro atoms. The minimum atomic E-state index is -0.961. The summed E-state index contributed by atoms with van der Waals surface area (Å²) in [4.78, 5) is 24.1. The molecule has 0 aliphatic carbocycles. The predicted octanol–water partition coefficient (Wildman–Crippen LogP) is 2.47. The van der Waals surface area contributed by atoms with Gasteiger partial charge in [-0.15, -0.1) is 0 Å². The summed E-state index contributed by atoms with van der Waals surface area (Å²) < 4.78 is 0. The maximum Gasteiger partial charge on any atom is 0.328 e. The molecule has 19 heavy (non-hydrogen) atoms. The van der Waals surface area contributed by atoms with Gasteiger partial charge < -0.3 is 10.0 Å². The molecule has 4 heteroatoms. The van der Waals surface area contributed by atoms with Gasteiger partial charge in [0.05, 0.1) is 0 Å². The van der Waals surface area contributed by atoms with E-state index in [1.165, 1.54) is 0 Å². The molecular formula is C15H17NO3. The highest BCUT2D eigenvalue weighted by molar-refractivity contribution is 5.96. The van der Waals surface area contributed by atoms with E-state index >= 15 is 0 Å². The van der Waals surface area contributed by atoms with Crippen molar-refractivity contribution < 1.29 is 14.7 Å². The molecule has 1 aliphatic heterocycles. The fourth-order valence-corrected chi connectivity index (χ4v) is 2.33. The van der Waals surface area contributed by atoms with Crippen LogP contribution in [-0.4, -0.2) is 23.5 Å². The van der Waals surface area contributed by atoms with Gasteiger partial charge in [0.15, 0.2) is 0 Å². The second kappa shape index (κ2) is 5.69. The summed E-state index contributed by atoms with van der Waals surface area (Å²) in [5.74, 6) is -0.791. The summed E-state index contributed by atoms with van der Waals surface area (Å²) >= 11 is 0. The zero-order valence-electron chi connectivity index (χ0n) is 10.9. The molecule has 0 bridgehead atoms. The number of hydrogen-bond acceptors (Lipinski definition) is 2. The standard InChI is InChI=1S/C15H17NO3/c1-2-12-10-11(6-8-15(18)19)5-7-13(12)16-9-3-4-14(16)17/h5-8,10H,2-4,9H2,1H3,(H,18,19)/b8-6+. The van der Waals surface area contributed by atoms with Gasteiger partial charge in [0.2, 0.25) is 5.91 Å². The number of carbonyl (C=O) groups excluding carboxylic acids is 1. The third kappa shape index (κ3) is 3.02.